The monoisotopic (exact) mass is 327 g/mol. The van der Waals surface area contributed by atoms with E-state index in [1.165, 1.54) is 12.1 Å². The van der Waals surface area contributed by atoms with Crippen molar-refractivity contribution < 1.29 is 23.1 Å². The highest BCUT2D eigenvalue weighted by Crippen LogP contribution is 2.27. The first-order chi connectivity index (χ1) is 10.5. The molecule has 1 saturated heterocycles. The fourth-order valence-corrected chi connectivity index (χ4v) is 4.21. The molecular weight excluding hydrogens is 306 g/mol. The summed E-state index contributed by atoms with van der Waals surface area (Å²) in [6.07, 6.45) is 2.57. The van der Waals surface area contributed by atoms with Crippen LogP contribution in [0.2, 0.25) is 0 Å². The third-order valence-corrected chi connectivity index (χ3v) is 5.53. The first kappa shape index (κ1) is 16.8. The van der Waals surface area contributed by atoms with Crippen LogP contribution in [-0.2, 0) is 14.8 Å². The summed E-state index contributed by atoms with van der Waals surface area (Å²) in [5.41, 5.74) is 0. The molecule has 0 bridgehead atoms. The number of benzene rings is 1. The molecule has 2 rings (SSSR count). The second-order valence-electron chi connectivity index (χ2n) is 5.29. The molecule has 1 atom stereocenters. The maximum Gasteiger partial charge on any atom is 0.322 e. The van der Waals surface area contributed by atoms with Crippen LogP contribution in [0.5, 0.6) is 5.75 Å². The molecule has 1 aliphatic rings. The number of carboxylic acid groups (broad SMARTS) is 1. The Hall–Kier alpha value is -1.60. The Morgan fingerprint density at radius 3 is 2.86 bits per heavy atom. The van der Waals surface area contributed by atoms with Crippen LogP contribution >= 0.6 is 0 Å². The molecule has 1 aromatic rings. The molecule has 1 unspecified atom stereocenters. The molecule has 6 nitrogen and oxygen atoms in total. The van der Waals surface area contributed by atoms with Crippen LogP contribution < -0.4 is 4.74 Å². The molecule has 1 heterocycles. The first-order valence-corrected chi connectivity index (χ1v) is 8.88. The molecule has 0 amide bonds. The number of hydrogen-bond acceptors (Lipinski definition) is 4. The van der Waals surface area contributed by atoms with Gasteiger partial charge in [-0.25, -0.2) is 8.42 Å². The van der Waals surface area contributed by atoms with Crippen LogP contribution in [0, 0.1) is 0 Å². The Morgan fingerprint density at radius 2 is 2.18 bits per heavy atom. The van der Waals surface area contributed by atoms with E-state index in [0.717, 1.165) is 17.1 Å². The molecule has 0 aliphatic carbocycles. The first-order valence-electron chi connectivity index (χ1n) is 7.44. The smallest absolute Gasteiger partial charge is 0.322 e. The van der Waals surface area contributed by atoms with Crippen LogP contribution in [0.3, 0.4) is 0 Å². The molecule has 0 aromatic heterocycles. The summed E-state index contributed by atoms with van der Waals surface area (Å²) < 4.78 is 32.0. The van der Waals surface area contributed by atoms with Crippen LogP contribution in [0.4, 0.5) is 0 Å². The van der Waals surface area contributed by atoms with E-state index in [1.54, 1.807) is 12.1 Å². The van der Waals surface area contributed by atoms with E-state index in [0.29, 0.717) is 25.2 Å². The molecule has 1 aromatic carbocycles. The number of carbonyl (C=O) groups is 1. The minimum Gasteiger partial charge on any atom is -0.494 e. The van der Waals surface area contributed by atoms with E-state index in [1.807, 2.05) is 6.92 Å². The van der Waals surface area contributed by atoms with E-state index in [9.17, 15) is 18.3 Å². The molecule has 0 saturated carbocycles. The van der Waals surface area contributed by atoms with Crippen molar-refractivity contribution in [1.82, 2.24) is 4.31 Å². The highest BCUT2D eigenvalue weighted by atomic mass is 32.2. The zero-order valence-electron chi connectivity index (χ0n) is 12.6. The van der Waals surface area contributed by atoms with Gasteiger partial charge in [-0.1, -0.05) is 13.0 Å². The van der Waals surface area contributed by atoms with Gasteiger partial charge in [0.2, 0.25) is 10.0 Å². The van der Waals surface area contributed by atoms with E-state index in [4.69, 9.17) is 4.74 Å². The van der Waals surface area contributed by atoms with Crippen molar-refractivity contribution in [3.63, 3.8) is 0 Å². The topological polar surface area (TPSA) is 83.9 Å². The number of rotatable bonds is 6. The zero-order chi connectivity index (χ0) is 16.2. The molecule has 122 valence electrons. The Kier molecular flexibility index (Phi) is 5.42. The van der Waals surface area contributed by atoms with Crippen molar-refractivity contribution in [3.05, 3.63) is 24.3 Å². The highest BCUT2D eigenvalue weighted by Gasteiger charge is 2.37. The van der Waals surface area contributed by atoms with Gasteiger partial charge in [0.25, 0.3) is 0 Å². The average molecular weight is 327 g/mol. The normalized spacial score (nSPS) is 19.8. The van der Waals surface area contributed by atoms with Crippen LogP contribution in [0.15, 0.2) is 29.2 Å². The number of sulfonamides is 1. The van der Waals surface area contributed by atoms with E-state index in [2.05, 4.69) is 0 Å². The van der Waals surface area contributed by atoms with Crippen molar-refractivity contribution >= 4 is 16.0 Å². The Morgan fingerprint density at radius 1 is 1.41 bits per heavy atom. The number of carboxylic acids is 1. The Balaban J connectivity index is 2.30. The Bertz CT molecular complexity index is 629. The van der Waals surface area contributed by atoms with Crippen LogP contribution in [0.25, 0.3) is 0 Å². The van der Waals surface area contributed by atoms with Crippen molar-refractivity contribution in [1.29, 1.82) is 0 Å². The maximum atomic E-state index is 12.7. The van der Waals surface area contributed by atoms with Gasteiger partial charge in [-0.15, -0.1) is 0 Å². The summed E-state index contributed by atoms with van der Waals surface area (Å²) in [7, 11) is -3.83. The summed E-state index contributed by atoms with van der Waals surface area (Å²) >= 11 is 0. The summed E-state index contributed by atoms with van der Waals surface area (Å²) in [4.78, 5) is 11.4. The molecule has 0 radical (unpaired) electrons. The third kappa shape index (κ3) is 3.59. The molecule has 7 heteroatoms. The minimum absolute atomic E-state index is 0.0780. The van der Waals surface area contributed by atoms with Crippen molar-refractivity contribution in [2.75, 3.05) is 13.2 Å². The van der Waals surface area contributed by atoms with E-state index in [-0.39, 0.29) is 11.4 Å². The summed E-state index contributed by atoms with van der Waals surface area (Å²) in [6.45, 7) is 2.70. The third-order valence-electron chi connectivity index (χ3n) is 3.62. The van der Waals surface area contributed by atoms with Gasteiger partial charge in [0.05, 0.1) is 11.5 Å². The quantitative estimate of drug-likeness (QED) is 0.865. The Labute approximate surface area is 130 Å². The van der Waals surface area contributed by atoms with Gasteiger partial charge in [0, 0.05) is 12.6 Å². The van der Waals surface area contributed by atoms with Crippen molar-refractivity contribution in [3.8, 4) is 5.75 Å². The SMILES string of the molecule is CCCOc1cccc(S(=O)(=O)N2CCCCC2C(=O)O)c1. The van der Waals surface area contributed by atoms with Crippen molar-refractivity contribution in [2.45, 2.75) is 43.5 Å². The number of hydrogen-bond donors (Lipinski definition) is 1. The molecule has 1 aliphatic heterocycles. The second kappa shape index (κ2) is 7.11. The van der Waals surface area contributed by atoms with Gasteiger partial charge < -0.3 is 9.84 Å². The predicted molar refractivity (Wildman–Crippen MR) is 81.4 cm³/mol. The minimum atomic E-state index is -3.83. The van der Waals surface area contributed by atoms with Crippen molar-refractivity contribution in [2.24, 2.45) is 0 Å². The maximum absolute atomic E-state index is 12.7. The second-order valence-corrected chi connectivity index (χ2v) is 7.18. The predicted octanol–water partition coefficient (Wildman–Crippen LogP) is 2.10. The zero-order valence-corrected chi connectivity index (χ0v) is 13.4. The molecular formula is C15H21NO5S. The summed E-state index contributed by atoms with van der Waals surface area (Å²) in [5.74, 6) is -0.617. The van der Waals surface area contributed by atoms with Gasteiger partial charge in [0.1, 0.15) is 11.8 Å². The van der Waals surface area contributed by atoms with Gasteiger partial charge in [-0.2, -0.15) is 4.31 Å². The lowest BCUT2D eigenvalue weighted by Gasteiger charge is -2.31. The highest BCUT2D eigenvalue weighted by molar-refractivity contribution is 7.89. The van der Waals surface area contributed by atoms with Gasteiger partial charge in [-0.05, 0) is 37.8 Å². The average Bonchev–Trinajstić information content (AvgIpc) is 2.53. The molecule has 0 spiro atoms. The number of piperidine rings is 1. The molecule has 1 fully saturated rings. The van der Waals surface area contributed by atoms with Gasteiger partial charge >= 0.3 is 5.97 Å². The lowest BCUT2D eigenvalue weighted by molar-refractivity contribution is -0.142. The molecule has 22 heavy (non-hydrogen) atoms. The summed E-state index contributed by atoms with van der Waals surface area (Å²) in [5, 5.41) is 9.26. The van der Waals surface area contributed by atoms with E-state index >= 15 is 0 Å². The fraction of sp³-hybridized carbons (Fsp3) is 0.533. The lowest BCUT2D eigenvalue weighted by atomic mass is 10.1. The lowest BCUT2D eigenvalue weighted by Crippen LogP contribution is -2.47. The van der Waals surface area contributed by atoms with Crippen LogP contribution in [-0.4, -0.2) is 43.0 Å². The summed E-state index contributed by atoms with van der Waals surface area (Å²) in [6, 6.07) is 5.25. The number of aliphatic carboxylic acids is 1. The molecule has 1 N–H and O–H groups in total. The largest absolute Gasteiger partial charge is 0.494 e. The number of nitrogens with zero attached hydrogens (tertiary/aromatic N) is 1. The fourth-order valence-electron chi connectivity index (χ4n) is 2.52. The van der Waals surface area contributed by atoms with Gasteiger partial charge in [-0.3, -0.25) is 4.79 Å². The van der Waals surface area contributed by atoms with E-state index < -0.39 is 22.0 Å². The standard InChI is InChI=1S/C15H21NO5S/c1-2-10-21-12-6-5-7-13(11-12)22(19,20)16-9-4-3-8-14(16)15(17)18/h5-7,11,14H,2-4,8-10H2,1H3,(H,17,18). The number of ether oxygens (including phenoxy) is 1. The van der Waals surface area contributed by atoms with Gasteiger partial charge in [0.15, 0.2) is 0 Å². The van der Waals surface area contributed by atoms with Crippen LogP contribution in [0.1, 0.15) is 32.6 Å².